The maximum Gasteiger partial charge on any atom is 0.258 e. The molecule has 1 fully saturated rings. The van der Waals surface area contributed by atoms with E-state index in [1.165, 1.54) is 0 Å². The molecule has 1 heterocycles. The van der Waals surface area contributed by atoms with E-state index < -0.39 is 0 Å². The summed E-state index contributed by atoms with van der Waals surface area (Å²) in [5, 5.41) is 4.70. The van der Waals surface area contributed by atoms with Crippen molar-refractivity contribution < 1.29 is 14.3 Å². The Balaban J connectivity index is 1.55. The van der Waals surface area contributed by atoms with Crippen molar-refractivity contribution in [3.8, 4) is 11.5 Å². The first-order chi connectivity index (χ1) is 13.1. The van der Waals surface area contributed by atoms with Gasteiger partial charge in [-0.3, -0.25) is 4.79 Å². The molecule has 1 amide bonds. The molecular weight excluding hydrogens is 368 g/mol. The number of nitrogens with zero attached hydrogens (tertiary/aromatic N) is 1. The fourth-order valence-electron chi connectivity index (χ4n) is 2.82. The van der Waals surface area contributed by atoms with Crippen molar-refractivity contribution in [3.05, 3.63) is 58.6 Å². The van der Waals surface area contributed by atoms with E-state index in [0.29, 0.717) is 22.9 Å². The van der Waals surface area contributed by atoms with Gasteiger partial charge in [0.25, 0.3) is 5.91 Å². The molecule has 1 aliphatic rings. The average Bonchev–Trinajstić information content (AvgIpc) is 3.18. The van der Waals surface area contributed by atoms with Crippen molar-refractivity contribution in [2.45, 2.75) is 18.5 Å². The summed E-state index contributed by atoms with van der Waals surface area (Å²) in [6.07, 6.45) is 2.16. The predicted octanol–water partition coefficient (Wildman–Crippen LogP) is 2.42. The van der Waals surface area contributed by atoms with Gasteiger partial charge in [-0.15, -0.1) is 0 Å². The van der Waals surface area contributed by atoms with Crippen LogP contribution in [0.15, 0.2) is 47.6 Å². The Hall–Kier alpha value is -2.61. The van der Waals surface area contributed by atoms with Gasteiger partial charge in [-0.2, -0.15) is 5.10 Å². The average molecular weight is 389 g/mol. The smallest absolute Gasteiger partial charge is 0.258 e. The van der Waals surface area contributed by atoms with Gasteiger partial charge in [-0.05, 0) is 47.9 Å². The van der Waals surface area contributed by atoms with Gasteiger partial charge < -0.3 is 9.47 Å². The van der Waals surface area contributed by atoms with Gasteiger partial charge in [0.15, 0.2) is 11.5 Å². The highest BCUT2D eigenvalue weighted by molar-refractivity contribution is 6.30. The summed E-state index contributed by atoms with van der Waals surface area (Å²) in [7, 11) is 3.14. The molecule has 2 unspecified atom stereocenters. The van der Waals surface area contributed by atoms with Crippen LogP contribution in [0.4, 0.5) is 0 Å². The molecule has 2 atom stereocenters. The van der Waals surface area contributed by atoms with Crippen LogP contribution < -0.4 is 25.8 Å². The molecule has 27 heavy (non-hydrogen) atoms. The zero-order valence-electron chi connectivity index (χ0n) is 15.0. The molecule has 7 nitrogen and oxygen atoms in total. The third-order valence-corrected chi connectivity index (χ3v) is 4.54. The molecule has 3 rings (SSSR count). The van der Waals surface area contributed by atoms with Crippen LogP contribution in [0, 0.1) is 0 Å². The minimum Gasteiger partial charge on any atom is -0.493 e. The number of nitrogens with one attached hydrogen (secondary N) is 3. The molecule has 0 aliphatic carbocycles. The maximum absolute atomic E-state index is 12.3. The quantitative estimate of drug-likeness (QED) is 0.523. The molecule has 0 bridgehead atoms. The van der Waals surface area contributed by atoms with Crippen LogP contribution >= 0.6 is 11.6 Å². The Morgan fingerprint density at radius 2 is 1.89 bits per heavy atom. The Labute approximate surface area is 162 Å². The van der Waals surface area contributed by atoms with Gasteiger partial charge in [-0.1, -0.05) is 23.7 Å². The van der Waals surface area contributed by atoms with Crippen molar-refractivity contribution >= 4 is 23.7 Å². The lowest BCUT2D eigenvalue weighted by Crippen LogP contribution is -2.41. The molecule has 0 saturated carbocycles. The summed E-state index contributed by atoms with van der Waals surface area (Å²) in [6.45, 7) is 0. The molecule has 8 heteroatoms. The molecule has 2 aromatic carbocycles. The number of carbonyl (C=O) groups is 1. The lowest BCUT2D eigenvalue weighted by Gasteiger charge is -2.09. The van der Waals surface area contributed by atoms with Crippen molar-refractivity contribution in [2.24, 2.45) is 5.10 Å². The second kappa shape index (κ2) is 8.85. The minimum absolute atomic E-state index is 0.0350. The number of halogens is 1. The number of rotatable bonds is 6. The van der Waals surface area contributed by atoms with Crippen LogP contribution in [-0.2, 0) is 4.79 Å². The standard InChI is InChI=1S/C19H21ClN4O3/c1-26-17-8-3-12(9-18(17)27-2)11-21-24-19(25)16-10-15(22-23-16)13-4-6-14(20)7-5-13/h3-9,11,15-16,22-23H,10H2,1-2H3,(H,24,25)/b21-11+. The van der Waals surface area contributed by atoms with Crippen LogP contribution in [-0.4, -0.2) is 32.4 Å². The number of hydrazone groups is 1. The Morgan fingerprint density at radius 1 is 1.15 bits per heavy atom. The van der Waals surface area contributed by atoms with E-state index in [-0.39, 0.29) is 18.0 Å². The summed E-state index contributed by atoms with van der Waals surface area (Å²) in [4.78, 5) is 12.3. The molecule has 0 radical (unpaired) electrons. The highest BCUT2D eigenvalue weighted by atomic mass is 35.5. The van der Waals surface area contributed by atoms with E-state index in [1.807, 2.05) is 30.3 Å². The van der Waals surface area contributed by atoms with Crippen molar-refractivity contribution in [3.63, 3.8) is 0 Å². The Kier molecular flexibility index (Phi) is 6.28. The molecule has 1 saturated heterocycles. The van der Waals surface area contributed by atoms with Gasteiger partial charge in [0.1, 0.15) is 6.04 Å². The van der Waals surface area contributed by atoms with Crippen LogP contribution in [0.25, 0.3) is 0 Å². The number of hydrazine groups is 1. The first kappa shape index (κ1) is 19.2. The first-order valence-corrected chi connectivity index (χ1v) is 8.80. The van der Waals surface area contributed by atoms with Gasteiger partial charge >= 0.3 is 0 Å². The van der Waals surface area contributed by atoms with Gasteiger partial charge in [0, 0.05) is 11.1 Å². The summed E-state index contributed by atoms with van der Waals surface area (Å²) >= 11 is 5.91. The number of benzene rings is 2. The lowest BCUT2D eigenvalue weighted by atomic mass is 10.0. The van der Waals surface area contributed by atoms with Crippen molar-refractivity contribution in [1.82, 2.24) is 16.3 Å². The monoisotopic (exact) mass is 388 g/mol. The second-order valence-electron chi connectivity index (χ2n) is 6.03. The van der Waals surface area contributed by atoms with Crippen LogP contribution in [0.3, 0.4) is 0 Å². The van der Waals surface area contributed by atoms with Crippen LogP contribution in [0.1, 0.15) is 23.6 Å². The van der Waals surface area contributed by atoms with E-state index >= 15 is 0 Å². The number of ether oxygens (including phenoxy) is 2. The van der Waals surface area contributed by atoms with E-state index in [4.69, 9.17) is 21.1 Å². The lowest BCUT2D eigenvalue weighted by molar-refractivity contribution is -0.122. The zero-order valence-corrected chi connectivity index (χ0v) is 15.8. The number of carbonyl (C=O) groups excluding carboxylic acids is 1. The van der Waals surface area contributed by atoms with Gasteiger partial charge in [0.2, 0.25) is 0 Å². The van der Waals surface area contributed by atoms with Crippen molar-refractivity contribution in [2.75, 3.05) is 14.2 Å². The minimum atomic E-state index is -0.381. The topological polar surface area (TPSA) is 84.0 Å². The fourth-order valence-corrected chi connectivity index (χ4v) is 2.95. The van der Waals surface area contributed by atoms with Crippen molar-refractivity contribution in [1.29, 1.82) is 0 Å². The summed E-state index contributed by atoms with van der Waals surface area (Å²) in [5.74, 6) is 1.02. The predicted molar refractivity (Wildman–Crippen MR) is 104 cm³/mol. The molecule has 1 aliphatic heterocycles. The summed E-state index contributed by atoms with van der Waals surface area (Å²) < 4.78 is 10.4. The number of methoxy groups -OCH3 is 2. The first-order valence-electron chi connectivity index (χ1n) is 8.42. The third kappa shape index (κ3) is 4.77. The van der Waals surface area contributed by atoms with E-state index in [2.05, 4.69) is 21.4 Å². The summed E-state index contributed by atoms with van der Waals surface area (Å²) in [6, 6.07) is 12.6. The third-order valence-electron chi connectivity index (χ3n) is 4.29. The highest BCUT2D eigenvalue weighted by Crippen LogP contribution is 2.27. The van der Waals surface area contributed by atoms with E-state index in [1.54, 1.807) is 32.6 Å². The molecule has 0 spiro atoms. The van der Waals surface area contributed by atoms with E-state index in [9.17, 15) is 4.79 Å². The molecular formula is C19H21ClN4O3. The molecule has 142 valence electrons. The number of hydrogen-bond donors (Lipinski definition) is 3. The zero-order chi connectivity index (χ0) is 19.2. The summed E-state index contributed by atoms with van der Waals surface area (Å²) in [5.41, 5.74) is 10.5. The molecule has 0 aromatic heterocycles. The molecule has 3 N–H and O–H groups in total. The van der Waals surface area contributed by atoms with Crippen LogP contribution in [0.5, 0.6) is 11.5 Å². The largest absolute Gasteiger partial charge is 0.493 e. The Morgan fingerprint density at radius 3 is 2.59 bits per heavy atom. The van der Waals surface area contributed by atoms with Crippen LogP contribution in [0.2, 0.25) is 5.02 Å². The highest BCUT2D eigenvalue weighted by Gasteiger charge is 2.29. The maximum atomic E-state index is 12.3. The fraction of sp³-hybridized carbons (Fsp3) is 0.263. The normalized spacial score (nSPS) is 19.2. The SMILES string of the molecule is COc1ccc(/C=N/NC(=O)C2CC(c3ccc(Cl)cc3)NN2)cc1OC. The number of hydrogen-bond acceptors (Lipinski definition) is 6. The second-order valence-corrected chi connectivity index (χ2v) is 6.47. The Bertz CT molecular complexity index is 826. The molecule has 2 aromatic rings. The van der Waals surface area contributed by atoms with Gasteiger partial charge in [0.05, 0.1) is 20.4 Å². The number of amides is 1. The van der Waals surface area contributed by atoms with Gasteiger partial charge in [-0.25, -0.2) is 16.3 Å². The van der Waals surface area contributed by atoms with E-state index in [0.717, 1.165) is 11.1 Å².